The van der Waals surface area contributed by atoms with E-state index in [0.29, 0.717) is 6.61 Å². The van der Waals surface area contributed by atoms with E-state index < -0.39 is 5.97 Å². The topological polar surface area (TPSA) is 64.6 Å². The standard InChI is InChI=1S/C14H19NO4/c1-4-18-9-14(17)19-8-13(16)15-12-6-5-10(2)7-11(12)3/h5-7H,4,8-9H2,1-3H3,(H,15,16). The zero-order chi connectivity index (χ0) is 14.3. The SMILES string of the molecule is CCOCC(=O)OCC(=O)Nc1ccc(C)cc1C. The largest absolute Gasteiger partial charge is 0.454 e. The first-order chi connectivity index (χ1) is 9.02. The molecule has 0 unspecified atom stereocenters. The molecule has 0 aliphatic rings. The van der Waals surface area contributed by atoms with Crippen LogP contribution in [-0.4, -0.2) is 31.7 Å². The molecule has 0 aromatic heterocycles. The smallest absolute Gasteiger partial charge is 0.332 e. The number of aryl methyl sites for hydroxylation is 2. The van der Waals surface area contributed by atoms with Gasteiger partial charge in [0.15, 0.2) is 6.61 Å². The minimum Gasteiger partial charge on any atom is -0.454 e. The molecular weight excluding hydrogens is 246 g/mol. The van der Waals surface area contributed by atoms with Crippen LogP contribution in [0.2, 0.25) is 0 Å². The van der Waals surface area contributed by atoms with Gasteiger partial charge in [0.25, 0.3) is 5.91 Å². The van der Waals surface area contributed by atoms with E-state index in [4.69, 9.17) is 9.47 Å². The Bertz CT molecular complexity index is 457. The van der Waals surface area contributed by atoms with Crippen LogP contribution >= 0.6 is 0 Å². The van der Waals surface area contributed by atoms with Crippen molar-refractivity contribution in [2.24, 2.45) is 0 Å². The number of esters is 1. The number of benzene rings is 1. The van der Waals surface area contributed by atoms with Crippen LogP contribution in [0.25, 0.3) is 0 Å². The first-order valence-electron chi connectivity index (χ1n) is 6.13. The van der Waals surface area contributed by atoms with Gasteiger partial charge in [0.2, 0.25) is 0 Å². The Hall–Kier alpha value is -1.88. The lowest BCUT2D eigenvalue weighted by atomic mass is 10.1. The second-order valence-corrected chi connectivity index (χ2v) is 4.16. The molecule has 0 saturated heterocycles. The summed E-state index contributed by atoms with van der Waals surface area (Å²) in [6.07, 6.45) is 0. The van der Waals surface area contributed by atoms with Gasteiger partial charge in [0.05, 0.1) is 0 Å². The van der Waals surface area contributed by atoms with Crippen molar-refractivity contribution in [2.75, 3.05) is 25.1 Å². The van der Waals surface area contributed by atoms with E-state index in [1.54, 1.807) is 6.92 Å². The number of amides is 1. The van der Waals surface area contributed by atoms with Crippen molar-refractivity contribution in [3.63, 3.8) is 0 Å². The number of nitrogens with one attached hydrogen (secondary N) is 1. The van der Waals surface area contributed by atoms with Crippen LogP contribution in [0.4, 0.5) is 5.69 Å². The number of carbonyl (C=O) groups excluding carboxylic acids is 2. The van der Waals surface area contributed by atoms with Crippen molar-refractivity contribution in [3.05, 3.63) is 29.3 Å². The van der Waals surface area contributed by atoms with Crippen LogP contribution in [0.15, 0.2) is 18.2 Å². The molecule has 1 aromatic rings. The van der Waals surface area contributed by atoms with Gasteiger partial charge in [0, 0.05) is 12.3 Å². The number of ether oxygens (including phenoxy) is 2. The van der Waals surface area contributed by atoms with Crippen LogP contribution in [0, 0.1) is 13.8 Å². The molecule has 0 saturated carbocycles. The number of anilines is 1. The van der Waals surface area contributed by atoms with Gasteiger partial charge in [-0.1, -0.05) is 17.7 Å². The summed E-state index contributed by atoms with van der Waals surface area (Å²) in [5.41, 5.74) is 2.81. The molecule has 0 heterocycles. The number of hydrogen-bond donors (Lipinski definition) is 1. The van der Waals surface area contributed by atoms with Gasteiger partial charge in [0.1, 0.15) is 6.61 Å². The summed E-state index contributed by atoms with van der Waals surface area (Å²) in [5.74, 6) is -0.908. The molecule has 0 atom stereocenters. The molecule has 1 aromatic carbocycles. The molecule has 19 heavy (non-hydrogen) atoms. The van der Waals surface area contributed by atoms with Gasteiger partial charge in [-0.25, -0.2) is 4.79 Å². The lowest BCUT2D eigenvalue weighted by molar-refractivity contribution is -0.151. The predicted octanol–water partition coefficient (Wildman–Crippen LogP) is 1.82. The molecule has 0 radical (unpaired) electrons. The van der Waals surface area contributed by atoms with Gasteiger partial charge >= 0.3 is 5.97 Å². The summed E-state index contributed by atoms with van der Waals surface area (Å²) < 4.78 is 9.64. The maximum Gasteiger partial charge on any atom is 0.332 e. The van der Waals surface area contributed by atoms with Crippen molar-refractivity contribution >= 4 is 17.6 Å². The van der Waals surface area contributed by atoms with E-state index in [9.17, 15) is 9.59 Å². The molecule has 1 N–H and O–H groups in total. The molecule has 5 nitrogen and oxygen atoms in total. The Morgan fingerprint density at radius 2 is 1.95 bits per heavy atom. The van der Waals surface area contributed by atoms with Gasteiger partial charge in [-0.05, 0) is 32.4 Å². The van der Waals surface area contributed by atoms with Crippen molar-refractivity contribution in [1.82, 2.24) is 0 Å². The first kappa shape index (κ1) is 15.2. The molecule has 5 heteroatoms. The highest BCUT2D eigenvalue weighted by Gasteiger charge is 2.08. The minimum atomic E-state index is -0.544. The van der Waals surface area contributed by atoms with Crippen molar-refractivity contribution in [2.45, 2.75) is 20.8 Å². The quantitative estimate of drug-likeness (QED) is 0.797. The molecule has 1 rings (SSSR count). The van der Waals surface area contributed by atoms with Crippen LogP contribution in [-0.2, 0) is 19.1 Å². The minimum absolute atomic E-state index is 0.132. The molecule has 0 bridgehead atoms. The fourth-order valence-electron chi connectivity index (χ4n) is 1.51. The fourth-order valence-corrected chi connectivity index (χ4v) is 1.51. The summed E-state index contributed by atoms with van der Waals surface area (Å²) in [7, 11) is 0. The molecule has 0 aliphatic carbocycles. The van der Waals surface area contributed by atoms with Gasteiger partial charge in [-0.15, -0.1) is 0 Å². The third-order valence-corrected chi connectivity index (χ3v) is 2.44. The van der Waals surface area contributed by atoms with E-state index in [0.717, 1.165) is 16.8 Å². The highest BCUT2D eigenvalue weighted by Crippen LogP contribution is 2.15. The Kier molecular flexibility index (Phi) is 6.02. The first-order valence-corrected chi connectivity index (χ1v) is 6.13. The molecule has 1 amide bonds. The fraction of sp³-hybridized carbons (Fsp3) is 0.429. The van der Waals surface area contributed by atoms with Crippen molar-refractivity contribution in [3.8, 4) is 0 Å². The predicted molar refractivity (Wildman–Crippen MR) is 72.0 cm³/mol. The van der Waals surface area contributed by atoms with Crippen LogP contribution in [0.3, 0.4) is 0 Å². The number of rotatable bonds is 6. The lowest BCUT2D eigenvalue weighted by Crippen LogP contribution is -2.23. The van der Waals surface area contributed by atoms with Gasteiger partial charge < -0.3 is 14.8 Å². The van der Waals surface area contributed by atoms with E-state index in [1.165, 1.54) is 0 Å². The third-order valence-electron chi connectivity index (χ3n) is 2.44. The summed E-state index contributed by atoms with van der Waals surface area (Å²) in [5, 5.41) is 2.69. The average molecular weight is 265 g/mol. The Labute approximate surface area is 112 Å². The van der Waals surface area contributed by atoms with Crippen LogP contribution in [0.1, 0.15) is 18.1 Å². The molecular formula is C14H19NO4. The van der Waals surface area contributed by atoms with Gasteiger partial charge in [-0.2, -0.15) is 0 Å². The maximum atomic E-state index is 11.6. The van der Waals surface area contributed by atoms with Gasteiger partial charge in [-0.3, -0.25) is 4.79 Å². The highest BCUT2D eigenvalue weighted by atomic mass is 16.6. The number of carbonyl (C=O) groups is 2. The molecule has 104 valence electrons. The zero-order valence-electron chi connectivity index (χ0n) is 11.5. The summed E-state index contributed by atoms with van der Waals surface area (Å²) in [4.78, 5) is 22.7. The lowest BCUT2D eigenvalue weighted by Gasteiger charge is -2.09. The maximum absolute atomic E-state index is 11.6. The normalized spacial score (nSPS) is 10.1. The summed E-state index contributed by atoms with van der Waals surface area (Å²) in [6.45, 7) is 5.66. The summed E-state index contributed by atoms with van der Waals surface area (Å²) >= 11 is 0. The van der Waals surface area contributed by atoms with E-state index >= 15 is 0 Å². The van der Waals surface area contributed by atoms with E-state index in [1.807, 2.05) is 32.0 Å². The second kappa shape index (κ2) is 7.53. The summed E-state index contributed by atoms with van der Waals surface area (Å²) in [6, 6.07) is 5.70. The van der Waals surface area contributed by atoms with Crippen molar-refractivity contribution < 1.29 is 19.1 Å². The molecule has 0 aliphatic heterocycles. The molecule has 0 spiro atoms. The van der Waals surface area contributed by atoms with Crippen LogP contribution in [0.5, 0.6) is 0 Å². The van der Waals surface area contributed by atoms with E-state index in [2.05, 4.69) is 5.32 Å². The Morgan fingerprint density at radius 3 is 2.58 bits per heavy atom. The Balaban J connectivity index is 2.41. The highest BCUT2D eigenvalue weighted by molar-refractivity contribution is 5.93. The van der Waals surface area contributed by atoms with E-state index in [-0.39, 0.29) is 19.1 Å². The molecule has 0 fully saturated rings. The van der Waals surface area contributed by atoms with Crippen LogP contribution < -0.4 is 5.32 Å². The average Bonchev–Trinajstić information content (AvgIpc) is 2.37. The third kappa shape index (κ3) is 5.52. The van der Waals surface area contributed by atoms with Crippen molar-refractivity contribution in [1.29, 1.82) is 0 Å². The Morgan fingerprint density at radius 1 is 1.21 bits per heavy atom. The monoisotopic (exact) mass is 265 g/mol. The zero-order valence-corrected chi connectivity index (χ0v) is 11.5. The second-order valence-electron chi connectivity index (χ2n) is 4.16. The number of hydrogen-bond acceptors (Lipinski definition) is 4.